The molecule has 2 N–H and O–H groups in total. The quantitative estimate of drug-likeness (QED) is 0.895. The Hall–Kier alpha value is -2.60. The molecule has 1 atom stereocenters. The Kier molecular flexibility index (Phi) is 4.66. The summed E-state index contributed by atoms with van der Waals surface area (Å²) in [7, 11) is 0. The van der Waals surface area contributed by atoms with Gasteiger partial charge in [0.25, 0.3) is 0 Å². The van der Waals surface area contributed by atoms with Crippen LogP contribution in [-0.2, 0) is 11.3 Å². The summed E-state index contributed by atoms with van der Waals surface area (Å²) in [6.07, 6.45) is 3.31. The van der Waals surface area contributed by atoms with Gasteiger partial charge in [0.2, 0.25) is 5.91 Å². The van der Waals surface area contributed by atoms with E-state index in [4.69, 9.17) is 11.6 Å². The minimum absolute atomic E-state index is 0.0158. The van der Waals surface area contributed by atoms with Crippen molar-refractivity contribution in [2.45, 2.75) is 19.5 Å². The molecule has 3 rings (SSSR count). The van der Waals surface area contributed by atoms with Gasteiger partial charge in [-0.2, -0.15) is 0 Å². The van der Waals surface area contributed by atoms with E-state index >= 15 is 0 Å². The van der Waals surface area contributed by atoms with Gasteiger partial charge >= 0.3 is 6.03 Å². The molecule has 124 valence electrons. The van der Waals surface area contributed by atoms with Gasteiger partial charge < -0.3 is 15.5 Å². The predicted octanol–water partition coefficient (Wildman–Crippen LogP) is 2.96. The highest BCUT2D eigenvalue weighted by atomic mass is 35.5. The molecule has 0 spiro atoms. The van der Waals surface area contributed by atoms with Crippen LogP contribution in [0.5, 0.6) is 0 Å². The van der Waals surface area contributed by atoms with Crippen molar-refractivity contribution in [1.82, 2.24) is 15.2 Å². The lowest BCUT2D eigenvalue weighted by atomic mass is 10.1. The number of nitrogens with zero attached hydrogens (tertiary/aromatic N) is 2. The number of aromatic nitrogens is 1. The SMILES string of the molecule is C[C@H](NC(=O)CN1Cc2cnccc2NC1=O)c1ccc(Cl)cc1. The number of pyridine rings is 1. The summed E-state index contributed by atoms with van der Waals surface area (Å²) in [4.78, 5) is 29.8. The molecule has 0 fully saturated rings. The van der Waals surface area contributed by atoms with Gasteiger partial charge in [0, 0.05) is 23.0 Å². The first kappa shape index (κ1) is 16.3. The van der Waals surface area contributed by atoms with Gasteiger partial charge in [-0.15, -0.1) is 0 Å². The maximum Gasteiger partial charge on any atom is 0.322 e. The first-order valence-corrected chi connectivity index (χ1v) is 7.94. The van der Waals surface area contributed by atoms with Crippen LogP contribution >= 0.6 is 11.6 Å². The van der Waals surface area contributed by atoms with Crippen molar-refractivity contribution in [2.24, 2.45) is 0 Å². The molecule has 2 heterocycles. The maximum atomic E-state index is 12.2. The maximum absolute atomic E-state index is 12.2. The molecule has 1 aromatic carbocycles. The molecule has 0 radical (unpaired) electrons. The van der Waals surface area contributed by atoms with E-state index in [1.165, 1.54) is 4.90 Å². The second-order valence-corrected chi connectivity index (χ2v) is 6.10. The standard InChI is InChI=1S/C17H17ClN4O2/c1-11(12-2-4-14(18)5-3-12)20-16(23)10-22-9-13-8-19-7-6-15(13)21-17(22)24/h2-8,11H,9-10H2,1H3,(H,20,23)(H,21,24)/t11-/m0/s1. The Morgan fingerprint density at radius 3 is 2.88 bits per heavy atom. The van der Waals surface area contributed by atoms with Crippen molar-refractivity contribution >= 4 is 29.2 Å². The van der Waals surface area contributed by atoms with Crippen LogP contribution in [0, 0.1) is 0 Å². The van der Waals surface area contributed by atoms with Crippen molar-refractivity contribution in [3.63, 3.8) is 0 Å². The number of nitrogens with one attached hydrogen (secondary N) is 2. The molecule has 24 heavy (non-hydrogen) atoms. The average molecular weight is 345 g/mol. The molecule has 1 aliphatic heterocycles. The fraction of sp³-hybridized carbons (Fsp3) is 0.235. The van der Waals surface area contributed by atoms with Crippen LogP contribution in [0.4, 0.5) is 10.5 Å². The molecule has 0 unspecified atom stereocenters. The fourth-order valence-electron chi connectivity index (χ4n) is 2.57. The summed E-state index contributed by atoms with van der Waals surface area (Å²) in [5.74, 6) is -0.222. The van der Waals surface area contributed by atoms with Crippen molar-refractivity contribution in [1.29, 1.82) is 0 Å². The molecule has 0 saturated carbocycles. The monoisotopic (exact) mass is 344 g/mol. The molecule has 0 saturated heterocycles. The molecule has 1 aliphatic rings. The Balaban J connectivity index is 1.61. The number of amides is 3. The highest BCUT2D eigenvalue weighted by Crippen LogP contribution is 2.21. The second-order valence-electron chi connectivity index (χ2n) is 5.66. The molecular formula is C17H17ClN4O2. The number of carbonyl (C=O) groups excluding carboxylic acids is 2. The third-order valence-electron chi connectivity index (χ3n) is 3.88. The number of benzene rings is 1. The summed E-state index contributed by atoms with van der Waals surface area (Å²) in [6.45, 7) is 2.23. The van der Waals surface area contributed by atoms with E-state index in [2.05, 4.69) is 15.6 Å². The number of rotatable bonds is 4. The Morgan fingerprint density at radius 2 is 2.12 bits per heavy atom. The topological polar surface area (TPSA) is 74.3 Å². The van der Waals surface area contributed by atoms with Crippen molar-refractivity contribution in [3.05, 3.63) is 58.9 Å². The number of anilines is 1. The number of hydrogen-bond donors (Lipinski definition) is 2. The molecule has 2 aromatic rings. The number of halogens is 1. The molecule has 7 heteroatoms. The second kappa shape index (κ2) is 6.88. The van der Waals surface area contributed by atoms with Crippen molar-refractivity contribution < 1.29 is 9.59 Å². The van der Waals surface area contributed by atoms with Gasteiger partial charge in [0.05, 0.1) is 18.3 Å². The van der Waals surface area contributed by atoms with E-state index in [0.29, 0.717) is 11.6 Å². The highest BCUT2D eigenvalue weighted by molar-refractivity contribution is 6.30. The zero-order chi connectivity index (χ0) is 17.1. The summed E-state index contributed by atoms with van der Waals surface area (Å²) in [6, 6.07) is 8.57. The van der Waals surface area contributed by atoms with Crippen molar-refractivity contribution in [3.8, 4) is 0 Å². The lowest BCUT2D eigenvalue weighted by Gasteiger charge is -2.29. The van der Waals surface area contributed by atoms with Crippen LogP contribution in [0.1, 0.15) is 24.1 Å². The molecule has 1 aromatic heterocycles. The summed E-state index contributed by atoms with van der Waals surface area (Å²) in [5.41, 5.74) is 2.57. The summed E-state index contributed by atoms with van der Waals surface area (Å²) in [5, 5.41) is 6.29. The third-order valence-corrected chi connectivity index (χ3v) is 4.13. The van der Waals surface area contributed by atoms with E-state index in [1.807, 2.05) is 19.1 Å². The van der Waals surface area contributed by atoms with Crippen LogP contribution in [0.2, 0.25) is 5.02 Å². The highest BCUT2D eigenvalue weighted by Gasteiger charge is 2.24. The van der Waals surface area contributed by atoms with Crippen LogP contribution in [0.15, 0.2) is 42.7 Å². The lowest BCUT2D eigenvalue weighted by molar-refractivity contribution is -0.122. The average Bonchev–Trinajstić information content (AvgIpc) is 2.56. The Labute approximate surface area is 144 Å². The van der Waals surface area contributed by atoms with Gasteiger partial charge in [-0.1, -0.05) is 23.7 Å². The fourth-order valence-corrected chi connectivity index (χ4v) is 2.70. The number of hydrogen-bond acceptors (Lipinski definition) is 3. The van der Waals surface area contributed by atoms with Crippen LogP contribution in [-0.4, -0.2) is 28.4 Å². The number of fused-ring (bicyclic) bond motifs is 1. The van der Waals surface area contributed by atoms with E-state index in [0.717, 1.165) is 16.8 Å². The minimum atomic E-state index is -0.289. The first-order valence-electron chi connectivity index (χ1n) is 7.56. The molecule has 3 amide bonds. The lowest BCUT2D eigenvalue weighted by Crippen LogP contribution is -2.45. The molecule has 0 aliphatic carbocycles. The summed E-state index contributed by atoms with van der Waals surface area (Å²) >= 11 is 5.86. The molecular weight excluding hydrogens is 328 g/mol. The summed E-state index contributed by atoms with van der Waals surface area (Å²) < 4.78 is 0. The Bertz CT molecular complexity index is 763. The van der Waals surface area contributed by atoms with E-state index in [9.17, 15) is 9.59 Å². The van der Waals surface area contributed by atoms with Gasteiger partial charge in [0.1, 0.15) is 6.54 Å². The predicted molar refractivity (Wildman–Crippen MR) is 91.7 cm³/mol. The van der Waals surface area contributed by atoms with E-state index in [-0.39, 0.29) is 24.5 Å². The van der Waals surface area contributed by atoms with Crippen LogP contribution < -0.4 is 10.6 Å². The number of urea groups is 1. The van der Waals surface area contributed by atoms with Crippen LogP contribution in [0.3, 0.4) is 0 Å². The van der Waals surface area contributed by atoms with Crippen LogP contribution in [0.25, 0.3) is 0 Å². The van der Waals surface area contributed by atoms with Gasteiger partial charge in [0.15, 0.2) is 0 Å². The van der Waals surface area contributed by atoms with Gasteiger partial charge in [-0.3, -0.25) is 9.78 Å². The first-order chi connectivity index (χ1) is 11.5. The third kappa shape index (κ3) is 3.65. The largest absolute Gasteiger partial charge is 0.348 e. The minimum Gasteiger partial charge on any atom is -0.348 e. The molecule has 6 nitrogen and oxygen atoms in total. The zero-order valence-electron chi connectivity index (χ0n) is 13.1. The van der Waals surface area contributed by atoms with Gasteiger partial charge in [-0.25, -0.2) is 4.79 Å². The number of carbonyl (C=O) groups is 2. The van der Waals surface area contributed by atoms with Crippen molar-refractivity contribution in [2.75, 3.05) is 11.9 Å². The molecule has 0 bridgehead atoms. The Morgan fingerprint density at radius 1 is 1.38 bits per heavy atom. The van der Waals surface area contributed by atoms with Gasteiger partial charge in [-0.05, 0) is 30.7 Å². The normalized spacial score (nSPS) is 14.6. The van der Waals surface area contributed by atoms with E-state index in [1.54, 1.807) is 30.6 Å². The smallest absolute Gasteiger partial charge is 0.322 e. The zero-order valence-corrected chi connectivity index (χ0v) is 13.9. The van der Waals surface area contributed by atoms with E-state index < -0.39 is 0 Å².